The quantitative estimate of drug-likeness (QED) is 0.664. The lowest BCUT2D eigenvalue weighted by molar-refractivity contribution is 1.11. The SMILES string of the molecule is Cc1cc(-c2cccnc2Cl)cc2cn[nH]c12. The molecule has 0 unspecified atom stereocenters. The molecule has 84 valence electrons. The van der Waals surface area contributed by atoms with Gasteiger partial charge in [-0.15, -0.1) is 0 Å². The van der Waals surface area contributed by atoms with Crippen LogP contribution in [0.15, 0.2) is 36.7 Å². The van der Waals surface area contributed by atoms with E-state index in [1.165, 1.54) is 0 Å². The molecule has 0 amide bonds. The van der Waals surface area contributed by atoms with Gasteiger partial charge in [-0.05, 0) is 42.3 Å². The first-order valence-corrected chi connectivity index (χ1v) is 5.68. The Morgan fingerprint density at radius 2 is 2.18 bits per heavy atom. The van der Waals surface area contributed by atoms with Crippen molar-refractivity contribution in [1.82, 2.24) is 15.2 Å². The second-order valence-corrected chi connectivity index (χ2v) is 4.33. The maximum atomic E-state index is 6.10. The van der Waals surface area contributed by atoms with Crippen molar-refractivity contribution in [2.24, 2.45) is 0 Å². The lowest BCUT2D eigenvalue weighted by Gasteiger charge is -2.05. The van der Waals surface area contributed by atoms with Crippen molar-refractivity contribution < 1.29 is 0 Å². The number of H-pyrrole nitrogens is 1. The van der Waals surface area contributed by atoms with Gasteiger partial charge in [0.25, 0.3) is 0 Å². The molecule has 3 nitrogen and oxygen atoms in total. The number of pyridine rings is 1. The van der Waals surface area contributed by atoms with E-state index in [0.29, 0.717) is 5.15 Å². The molecule has 0 bridgehead atoms. The van der Waals surface area contributed by atoms with E-state index in [9.17, 15) is 0 Å². The number of rotatable bonds is 1. The molecule has 3 aromatic rings. The van der Waals surface area contributed by atoms with E-state index < -0.39 is 0 Å². The van der Waals surface area contributed by atoms with Crippen LogP contribution in [0.2, 0.25) is 5.15 Å². The van der Waals surface area contributed by atoms with Crippen molar-refractivity contribution in [3.63, 3.8) is 0 Å². The molecule has 17 heavy (non-hydrogen) atoms. The van der Waals surface area contributed by atoms with Gasteiger partial charge in [0.1, 0.15) is 5.15 Å². The van der Waals surface area contributed by atoms with Crippen LogP contribution in [0.25, 0.3) is 22.0 Å². The Balaban J connectivity index is 2.28. The van der Waals surface area contributed by atoms with Crippen molar-refractivity contribution in [2.75, 3.05) is 0 Å². The van der Waals surface area contributed by atoms with E-state index in [0.717, 1.165) is 27.6 Å². The highest BCUT2D eigenvalue weighted by atomic mass is 35.5. The Morgan fingerprint density at radius 1 is 1.29 bits per heavy atom. The van der Waals surface area contributed by atoms with Crippen LogP contribution in [-0.2, 0) is 0 Å². The van der Waals surface area contributed by atoms with Crippen LogP contribution in [0, 0.1) is 6.92 Å². The maximum Gasteiger partial charge on any atom is 0.136 e. The zero-order valence-electron chi connectivity index (χ0n) is 9.24. The summed E-state index contributed by atoms with van der Waals surface area (Å²) in [6, 6.07) is 8.00. The number of nitrogens with one attached hydrogen (secondary N) is 1. The number of aromatic nitrogens is 3. The molecule has 0 fully saturated rings. The Bertz CT molecular complexity index is 688. The van der Waals surface area contributed by atoms with Gasteiger partial charge in [0.15, 0.2) is 0 Å². The molecular formula is C13H10ClN3. The molecule has 4 heteroatoms. The number of halogens is 1. The number of fused-ring (bicyclic) bond motifs is 1. The molecule has 0 atom stereocenters. The third-order valence-corrected chi connectivity index (χ3v) is 3.12. The summed E-state index contributed by atoms with van der Waals surface area (Å²) in [7, 11) is 0. The Kier molecular flexibility index (Phi) is 2.34. The molecule has 0 saturated carbocycles. The molecule has 1 N–H and O–H groups in total. The molecule has 0 aliphatic rings. The summed E-state index contributed by atoms with van der Waals surface area (Å²) in [6.07, 6.45) is 3.51. The minimum atomic E-state index is 0.523. The summed E-state index contributed by atoms with van der Waals surface area (Å²) >= 11 is 6.10. The number of benzene rings is 1. The van der Waals surface area contributed by atoms with Gasteiger partial charge in [0.05, 0.1) is 11.7 Å². The highest BCUT2D eigenvalue weighted by Crippen LogP contribution is 2.29. The molecule has 0 aliphatic heterocycles. The molecular weight excluding hydrogens is 234 g/mol. The van der Waals surface area contributed by atoms with E-state index in [4.69, 9.17) is 11.6 Å². The number of aromatic amines is 1. The van der Waals surface area contributed by atoms with E-state index in [1.54, 1.807) is 6.20 Å². The van der Waals surface area contributed by atoms with Crippen molar-refractivity contribution in [3.05, 3.63) is 47.4 Å². The summed E-state index contributed by atoms with van der Waals surface area (Å²) in [5, 5.41) is 8.63. The lowest BCUT2D eigenvalue weighted by atomic mass is 10.0. The Morgan fingerprint density at radius 3 is 3.00 bits per heavy atom. The van der Waals surface area contributed by atoms with Crippen LogP contribution in [0.4, 0.5) is 0 Å². The zero-order chi connectivity index (χ0) is 11.8. The average molecular weight is 244 g/mol. The second-order valence-electron chi connectivity index (χ2n) is 3.97. The summed E-state index contributed by atoms with van der Waals surface area (Å²) < 4.78 is 0. The molecule has 0 radical (unpaired) electrons. The van der Waals surface area contributed by atoms with Gasteiger partial charge in [0, 0.05) is 17.1 Å². The fourth-order valence-electron chi connectivity index (χ4n) is 1.99. The van der Waals surface area contributed by atoms with E-state index >= 15 is 0 Å². The Labute approximate surface area is 103 Å². The van der Waals surface area contributed by atoms with Crippen LogP contribution in [0.1, 0.15) is 5.56 Å². The third kappa shape index (κ3) is 1.68. The standard InChI is InChI=1S/C13H10ClN3/c1-8-5-9(6-10-7-16-17-12(8)10)11-3-2-4-15-13(11)14/h2-7H,1H3,(H,16,17). The van der Waals surface area contributed by atoms with Crippen LogP contribution in [-0.4, -0.2) is 15.2 Å². The van der Waals surface area contributed by atoms with E-state index in [2.05, 4.69) is 27.3 Å². The first-order chi connectivity index (χ1) is 8.25. The smallest absolute Gasteiger partial charge is 0.136 e. The summed E-state index contributed by atoms with van der Waals surface area (Å²) in [6.45, 7) is 2.05. The molecule has 2 aromatic heterocycles. The predicted octanol–water partition coefficient (Wildman–Crippen LogP) is 3.59. The molecule has 3 rings (SSSR count). The minimum absolute atomic E-state index is 0.523. The highest BCUT2D eigenvalue weighted by Gasteiger charge is 2.07. The minimum Gasteiger partial charge on any atom is -0.278 e. The third-order valence-electron chi connectivity index (χ3n) is 2.82. The monoisotopic (exact) mass is 243 g/mol. The lowest BCUT2D eigenvalue weighted by Crippen LogP contribution is -1.85. The largest absolute Gasteiger partial charge is 0.278 e. The summed E-state index contributed by atoms with van der Waals surface area (Å²) in [5.74, 6) is 0. The van der Waals surface area contributed by atoms with Gasteiger partial charge in [-0.2, -0.15) is 5.10 Å². The van der Waals surface area contributed by atoms with E-state index in [1.807, 2.05) is 25.3 Å². The molecule has 0 spiro atoms. The number of hydrogen-bond donors (Lipinski definition) is 1. The van der Waals surface area contributed by atoms with Gasteiger partial charge in [-0.25, -0.2) is 4.98 Å². The van der Waals surface area contributed by atoms with Crippen molar-refractivity contribution in [1.29, 1.82) is 0 Å². The highest BCUT2D eigenvalue weighted by molar-refractivity contribution is 6.32. The van der Waals surface area contributed by atoms with E-state index in [-0.39, 0.29) is 0 Å². The van der Waals surface area contributed by atoms with Crippen molar-refractivity contribution in [3.8, 4) is 11.1 Å². The molecule has 2 heterocycles. The normalized spacial score (nSPS) is 10.9. The topological polar surface area (TPSA) is 41.6 Å². The van der Waals surface area contributed by atoms with Gasteiger partial charge < -0.3 is 0 Å². The van der Waals surface area contributed by atoms with Crippen LogP contribution in [0.5, 0.6) is 0 Å². The fourth-order valence-corrected chi connectivity index (χ4v) is 2.22. The van der Waals surface area contributed by atoms with Gasteiger partial charge in [-0.1, -0.05) is 11.6 Å². The summed E-state index contributed by atoms with van der Waals surface area (Å²) in [5.41, 5.74) is 4.22. The van der Waals surface area contributed by atoms with Crippen LogP contribution < -0.4 is 0 Å². The zero-order valence-corrected chi connectivity index (χ0v) is 9.99. The Hall–Kier alpha value is -1.87. The van der Waals surface area contributed by atoms with Crippen molar-refractivity contribution >= 4 is 22.5 Å². The molecule has 0 aliphatic carbocycles. The number of aryl methyl sites for hydroxylation is 1. The predicted molar refractivity (Wildman–Crippen MR) is 69.1 cm³/mol. The first-order valence-electron chi connectivity index (χ1n) is 5.30. The average Bonchev–Trinajstić information content (AvgIpc) is 2.78. The van der Waals surface area contributed by atoms with Gasteiger partial charge >= 0.3 is 0 Å². The van der Waals surface area contributed by atoms with Crippen LogP contribution >= 0.6 is 11.6 Å². The van der Waals surface area contributed by atoms with Gasteiger partial charge in [-0.3, -0.25) is 5.10 Å². The van der Waals surface area contributed by atoms with Crippen LogP contribution in [0.3, 0.4) is 0 Å². The van der Waals surface area contributed by atoms with Crippen molar-refractivity contribution in [2.45, 2.75) is 6.92 Å². The molecule has 1 aromatic carbocycles. The number of hydrogen-bond acceptors (Lipinski definition) is 2. The fraction of sp³-hybridized carbons (Fsp3) is 0.0769. The summed E-state index contributed by atoms with van der Waals surface area (Å²) in [4.78, 5) is 4.09. The molecule has 0 saturated heterocycles. The first kappa shape index (κ1) is 10.3. The van der Waals surface area contributed by atoms with Gasteiger partial charge in [0.2, 0.25) is 0 Å². The number of nitrogens with zero attached hydrogens (tertiary/aromatic N) is 2. The maximum absolute atomic E-state index is 6.10. The second kappa shape index (κ2) is 3.86.